The third-order valence-corrected chi connectivity index (χ3v) is 2.63. The van der Waals surface area contributed by atoms with E-state index in [0.29, 0.717) is 11.3 Å². The molecule has 2 aromatic rings. The van der Waals surface area contributed by atoms with Crippen molar-refractivity contribution in [1.82, 2.24) is 0 Å². The second kappa shape index (κ2) is 6.29. The van der Waals surface area contributed by atoms with Gasteiger partial charge in [0.25, 0.3) is 0 Å². The Kier molecular flexibility index (Phi) is 4.25. The van der Waals surface area contributed by atoms with Gasteiger partial charge in [0.05, 0.1) is 21.9 Å². The fourth-order valence-electron chi connectivity index (χ4n) is 1.60. The Morgan fingerprint density at radius 2 is 1.67 bits per heavy atom. The van der Waals surface area contributed by atoms with Crippen molar-refractivity contribution in [2.45, 2.75) is 0 Å². The number of nitrogens with one attached hydrogen (secondary N) is 1. The molecule has 2 rings (SSSR count). The van der Waals surface area contributed by atoms with E-state index in [4.69, 9.17) is 5.11 Å². The molecule has 0 saturated carbocycles. The third-order valence-electron chi connectivity index (χ3n) is 2.63. The quantitative estimate of drug-likeness (QED) is 0.388. The zero-order valence-electron chi connectivity index (χ0n) is 10.8. The number of anilines is 1. The highest BCUT2D eigenvalue weighted by molar-refractivity contribution is 5.93. The van der Waals surface area contributed by atoms with Gasteiger partial charge in [0.15, 0.2) is 0 Å². The van der Waals surface area contributed by atoms with Crippen LogP contribution in [0.3, 0.4) is 0 Å². The predicted octanol–water partition coefficient (Wildman–Crippen LogP) is 2.44. The molecular formula is C14H11N3O4. The second-order valence-corrected chi connectivity index (χ2v) is 4.05. The molecule has 0 radical (unpaired) electrons. The van der Waals surface area contributed by atoms with Gasteiger partial charge in [-0.05, 0) is 41.3 Å². The van der Waals surface area contributed by atoms with Crippen LogP contribution in [0, 0.1) is 10.1 Å². The van der Waals surface area contributed by atoms with Crippen LogP contribution in [-0.2, 0) is 0 Å². The van der Waals surface area contributed by atoms with E-state index in [1.54, 1.807) is 30.3 Å². The standard InChI is InChI=1S/C14H11N3O4/c18-14(19)11-6-8-12(9-7-11)15-16-13(17(20)21)10-4-2-1-3-5-10/h1-9,15H,(H,18,19). The summed E-state index contributed by atoms with van der Waals surface area (Å²) in [5, 5.41) is 23.6. The Balaban J connectivity index is 2.21. The highest BCUT2D eigenvalue weighted by Gasteiger charge is 2.15. The minimum absolute atomic E-state index is 0.127. The lowest BCUT2D eigenvalue weighted by molar-refractivity contribution is -0.349. The summed E-state index contributed by atoms with van der Waals surface area (Å²) < 4.78 is 0. The summed E-state index contributed by atoms with van der Waals surface area (Å²) in [7, 11) is 0. The van der Waals surface area contributed by atoms with Gasteiger partial charge in [0, 0.05) is 0 Å². The molecule has 0 amide bonds. The third kappa shape index (κ3) is 3.63. The van der Waals surface area contributed by atoms with Crippen molar-refractivity contribution in [1.29, 1.82) is 0 Å². The molecule has 0 spiro atoms. The first kappa shape index (κ1) is 14.2. The molecule has 0 aliphatic heterocycles. The average Bonchev–Trinajstić information content (AvgIpc) is 2.48. The van der Waals surface area contributed by atoms with Crippen LogP contribution >= 0.6 is 0 Å². The number of hydrogen-bond donors (Lipinski definition) is 2. The summed E-state index contributed by atoms with van der Waals surface area (Å²) >= 11 is 0. The monoisotopic (exact) mass is 285 g/mol. The molecule has 2 N–H and O–H groups in total. The summed E-state index contributed by atoms with van der Waals surface area (Å²) in [6.45, 7) is 0. The van der Waals surface area contributed by atoms with Crippen molar-refractivity contribution in [3.63, 3.8) is 0 Å². The fourth-order valence-corrected chi connectivity index (χ4v) is 1.60. The smallest absolute Gasteiger partial charge is 0.395 e. The predicted molar refractivity (Wildman–Crippen MR) is 77.0 cm³/mol. The normalized spacial score (nSPS) is 11.0. The molecule has 0 atom stereocenters. The molecule has 106 valence electrons. The molecule has 0 aliphatic rings. The van der Waals surface area contributed by atoms with Crippen LogP contribution in [0.2, 0.25) is 0 Å². The number of carboxylic acids is 1. The summed E-state index contributed by atoms with van der Waals surface area (Å²) in [6.07, 6.45) is 0. The van der Waals surface area contributed by atoms with Gasteiger partial charge in [-0.2, -0.15) is 5.43 Å². The van der Waals surface area contributed by atoms with E-state index in [9.17, 15) is 14.9 Å². The Morgan fingerprint density at radius 1 is 1.05 bits per heavy atom. The number of nitrogens with zero attached hydrogens (tertiary/aromatic N) is 2. The molecule has 0 unspecified atom stereocenters. The zero-order valence-corrected chi connectivity index (χ0v) is 10.8. The Hall–Kier alpha value is -3.22. The van der Waals surface area contributed by atoms with Crippen LogP contribution in [0.25, 0.3) is 0 Å². The van der Waals surface area contributed by atoms with Crippen molar-refractivity contribution >= 4 is 17.5 Å². The lowest BCUT2D eigenvalue weighted by atomic mass is 10.2. The average molecular weight is 285 g/mol. The van der Waals surface area contributed by atoms with Crippen molar-refractivity contribution in [3.05, 3.63) is 75.8 Å². The number of benzene rings is 2. The Bertz CT molecular complexity index is 681. The molecule has 0 saturated heterocycles. The number of carboxylic acid groups (broad SMARTS) is 1. The number of amidine groups is 1. The van der Waals surface area contributed by atoms with Crippen LogP contribution < -0.4 is 5.43 Å². The maximum atomic E-state index is 11.0. The van der Waals surface area contributed by atoms with Crippen LogP contribution in [0.5, 0.6) is 0 Å². The van der Waals surface area contributed by atoms with E-state index in [1.807, 2.05) is 0 Å². The fraction of sp³-hybridized carbons (Fsp3) is 0. The first-order chi connectivity index (χ1) is 10.1. The topological polar surface area (TPSA) is 105 Å². The number of nitro groups is 1. The van der Waals surface area contributed by atoms with Gasteiger partial charge >= 0.3 is 11.8 Å². The molecule has 2 aromatic carbocycles. The summed E-state index contributed by atoms with van der Waals surface area (Å²) in [5.41, 5.74) is 3.50. The van der Waals surface area contributed by atoms with Gasteiger partial charge in [0.1, 0.15) is 0 Å². The van der Waals surface area contributed by atoms with Gasteiger partial charge in [-0.1, -0.05) is 18.2 Å². The van der Waals surface area contributed by atoms with E-state index in [0.717, 1.165) is 0 Å². The highest BCUT2D eigenvalue weighted by Crippen LogP contribution is 2.10. The van der Waals surface area contributed by atoms with Gasteiger partial charge in [-0.25, -0.2) is 4.79 Å². The molecule has 7 heteroatoms. The first-order valence-corrected chi connectivity index (χ1v) is 5.95. The van der Waals surface area contributed by atoms with Crippen LogP contribution in [0.4, 0.5) is 5.69 Å². The van der Waals surface area contributed by atoms with Crippen LogP contribution in [-0.4, -0.2) is 21.8 Å². The zero-order chi connectivity index (χ0) is 15.2. The van der Waals surface area contributed by atoms with Gasteiger partial charge in [-0.15, -0.1) is 0 Å². The highest BCUT2D eigenvalue weighted by atomic mass is 16.6. The lowest BCUT2D eigenvalue weighted by Gasteiger charge is -2.00. The molecular weight excluding hydrogens is 274 g/mol. The van der Waals surface area contributed by atoms with Crippen molar-refractivity contribution in [2.24, 2.45) is 5.10 Å². The molecule has 0 heterocycles. The number of rotatable bonds is 4. The van der Waals surface area contributed by atoms with E-state index >= 15 is 0 Å². The summed E-state index contributed by atoms with van der Waals surface area (Å²) in [6, 6.07) is 14.0. The SMILES string of the molecule is O=C(O)c1ccc(NN=C(c2ccccc2)[N+](=O)[O-])cc1. The van der Waals surface area contributed by atoms with E-state index in [2.05, 4.69) is 10.5 Å². The Labute approximate surface area is 119 Å². The maximum absolute atomic E-state index is 11.0. The van der Waals surface area contributed by atoms with Crippen LogP contribution in [0.15, 0.2) is 59.7 Å². The first-order valence-electron chi connectivity index (χ1n) is 5.95. The molecule has 0 aliphatic carbocycles. The van der Waals surface area contributed by atoms with Gasteiger partial charge < -0.3 is 15.2 Å². The largest absolute Gasteiger partial charge is 0.478 e. The maximum Gasteiger partial charge on any atom is 0.395 e. The second-order valence-electron chi connectivity index (χ2n) is 4.05. The molecule has 0 bridgehead atoms. The molecule has 0 aromatic heterocycles. The van der Waals surface area contributed by atoms with Gasteiger partial charge in [0.2, 0.25) is 0 Å². The Morgan fingerprint density at radius 3 is 2.19 bits per heavy atom. The van der Waals surface area contributed by atoms with E-state index < -0.39 is 10.9 Å². The summed E-state index contributed by atoms with van der Waals surface area (Å²) in [5.74, 6) is -1.36. The molecule has 7 nitrogen and oxygen atoms in total. The van der Waals surface area contributed by atoms with Crippen molar-refractivity contribution < 1.29 is 14.8 Å². The van der Waals surface area contributed by atoms with E-state index in [-0.39, 0.29) is 11.4 Å². The number of aromatic carboxylic acids is 1. The van der Waals surface area contributed by atoms with Gasteiger partial charge in [-0.3, -0.25) is 0 Å². The van der Waals surface area contributed by atoms with Crippen molar-refractivity contribution in [3.8, 4) is 0 Å². The number of carbonyl (C=O) groups is 1. The van der Waals surface area contributed by atoms with E-state index in [1.165, 1.54) is 24.3 Å². The van der Waals surface area contributed by atoms with Crippen LogP contribution in [0.1, 0.15) is 15.9 Å². The minimum atomic E-state index is -1.04. The summed E-state index contributed by atoms with van der Waals surface area (Å²) in [4.78, 5) is 21.1. The lowest BCUT2D eigenvalue weighted by Crippen LogP contribution is -2.15. The minimum Gasteiger partial charge on any atom is -0.478 e. The van der Waals surface area contributed by atoms with Crippen molar-refractivity contribution in [2.75, 3.05) is 5.43 Å². The molecule has 0 fully saturated rings. The molecule has 21 heavy (non-hydrogen) atoms. The number of hydrogen-bond acceptors (Lipinski definition) is 5. The number of hydrazone groups is 1.